The van der Waals surface area contributed by atoms with E-state index in [4.69, 9.17) is 10.5 Å². The van der Waals surface area contributed by atoms with Crippen LogP contribution in [0.4, 0.5) is 15.9 Å². The molecule has 0 bridgehead atoms. The van der Waals surface area contributed by atoms with Crippen LogP contribution in [-0.4, -0.2) is 37.2 Å². The Hall–Kier alpha value is -2.67. The number of nitrogens with zero attached hydrogens (tertiary/aromatic N) is 3. The monoisotopic (exact) mass is 329 g/mol. The average Bonchev–Trinajstić information content (AvgIpc) is 2.62. The molecule has 1 saturated heterocycles. The SMILES string of the molecule is NC(=NCc1cc(F)ccc1N1CCOCC1)Nc1ccccn1. The standard InChI is InChI=1S/C17H20FN5O/c18-14-4-5-15(23-7-9-24-10-8-23)13(11-14)12-21-17(19)22-16-3-1-2-6-20-16/h1-6,11H,7-10,12H2,(H3,19,20,21,22). The molecule has 24 heavy (non-hydrogen) atoms. The summed E-state index contributed by atoms with van der Waals surface area (Å²) in [5.74, 6) is 0.575. The van der Waals surface area contributed by atoms with Gasteiger partial charge in [0.05, 0.1) is 19.8 Å². The predicted molar refractivity (Wildman–Crippen MR) is 92.6 cm³/mol. The van der Waals surface area contributed by atoms with E-state index in [0.29, 0.717) is 19.0 Å². The highest BCUT2D eigenvalue weighted by molar-refractivity contribution is 5.91. The number of rotatable bonds is 4. The van der Waals surface area contributed by atoms with E-state index in [0.717, 1.165) is 24.3 Å². The molecule has 0 unspecified atom stereocenters. The van der Waals surface area contributed by atoms with Crippen molar-refractivity contribution in [3.05, 3.63) is 54.0 Å². The Morgan fingerprint density at radius 1 is 1.29 bits per heavy atom. The van der Waals surface area contributed by atoms with Crippen LogP contribution >= 0.6 is 0 Å². The van der Waals surface area contributed by atoms with E-state index in [-0.39, 0.29) is 18.3 Å². The molecule has 0 spiro atoms. The third-order valence-electron chi connectivity index (χ3n) is 3.73. The maximum atomic E-state index is 13.6. The summed E-state index contributed by atoms with van der Waals surface area (Å²) >= 11 is 0. The summed E-state index contributed by atoms with van der Waals surface area (Å²) in [4.78, 5) is 10.6. The number of anilines is 2. The highest BCUT2D eigenvalue weighted by atomic mass is 19.1. The van der Waals surface area contributed by atoms with Gasteiger partial charge in [-0.2, -0.15) is 0 Å². The van der Waals surface area contributed by atoms with Gasteiger partial charge in [0.15, 0.2) is 5.96 Å². The van der Waals surface area contributed by atoms with Crippen molar-refractivity contribution in [1.29, 1.82) is 0 Å². The Labute approximate surface area is 140 Å². The van der Waals surface area contributed by atoms with Gasteiger partial charge in [0.25, 0.3) is 0 Å². The summed E-state index contributed by atoms with van der Waals surface area (Å²) in [5, 5.41) is 2.92. The van der Waals surface area contributed by atoms with E-state index in [2.05, 4.69) is 20.2 Å². The first-order valence-electron chi connectivity index (χ1n) is 7.81. The fourth-order valence-electron chi connectivity index (χ4n) is 2.57. The summed E-state index contributed by atoms with van der Waals surface area (Å²) in [5.41, 5.74) is 7.65. The molecule has 1 aliphatic rings. The van der Waals surface area contributed by atoms with Crippen molar-refractivity contribution < 1.29 is 9.13 Å². The van der Waals surface area contributed by atoms with E-state index < -0.39 is 0 Å². The maximum Gasteiger partial charge on any atom is 0.194 e. The lowest BCUT2D eigenvalue weighted by atomic mass is 10.1. The van der Waals surface area contributed by atoms with E-state index in [1.807, 2.05) is 12.1 Å². The smallest absolute Gasteiger partial charge is 0.194 e. The van der Waals surface area contributed by atoms with E-state index in [1.54, 1.807) is 18.3 Å². The zero-order valence-corrected chi connectivity index (χ0v) is 13.3. The number of hydrogen-bond acceptors (Lipinski definition) is 4. The second-order valence-electron chi connectivity index (χ2n) is 5.41. The highest BCUT2D eigenvalue weighted by Crippen LogP contribution is 2.23. The van der Waals surface area contributed by atoms with Gasteiger partial charge in [0, 0.05) is 25.0 Å². The third kappa shape index (κ3) is 4.20. The number of pyridine rings is 1. The number of nitrogens with two attached hydrogens (primary N) is 1. The van der Waals surface area contributed by atoms with Crippen LogP contribution in [0.2, 0.25) is 0 Å². The number of benzene rings is 1. The normalized spacial score (nSPS) is 15.4. The van der Waals surface area contributed by atoms with Crippen molar-refractivity contribution in [2.24, 2.45) is 10.7 Å². The lowest BCUT2D eigenvalue weighted by molar-refractivity contribution is 0.122. The van der Waals surface area contributed by atoms with Gasteiger partial charge in [0.2, 0.25) is 0 Å². The van der Waals surface area contributed by atoms with Gasteiger partial charge in [-0.1, -0.05) is 6.07 Å². The minimum absolute atomic E-state index is 0.242. The number of aliphatic imine (C=N–C) groups is 1. The summed E-state index contributed by atoms with van der Waals surface area (Å²) in [6.07, 6.45) is 1.67. The molecule has 6 nitrogen and oxygen atoms in total. The Balaban J connectivity index is 1.73. The quantitative estimate of drug-likeness (QED) is 0.663. The fraction of sp³-hybridized carbons (Fsp3) is 0.294. The summed E-state index contributed by atoms with van der Waals surface area (Å²) in [6.45, 7) is 3.19. The van der Waals surface area contributed by atoms with E-state index in [9.17, 15) is 4.39 Å². The number of morpholine rings is 1. The van der Waals surface area contributed by atoms with Gasteiger partial charge in [-0.15, -0.1) is 0 Å². The fourth-order valence-corrected chi connectivity index (χ4v) is 2.57. The number of hydrogen-bond donors (Lipinski definition) is 2. The molecule has 2 heterocycles. The van der Waals surface area contributed by atoms with Crippen LogP contribution in [0, 0.1) is 5.82 Å². The topological polar surface area (TPSA) is 75.8 Å². The molecule has 1 aromatic heterocycles. The zero-order chi connectivity index (χ0) is 16.8. The summed E-state index contributed by atoms with van der Waals surface area (Å²) < 4.78 is 19.0. The first-order chi connectivity index (χ1) is 11.7. The maximum absolute atomic E-state index is 13.6. The number of ether oxygens (including phenoxy) is 1. The van der Waals surface area contributed by atoms with E-state index >= 15 is 0 Å². The predicted octanol–water partition coefficient (Wildman–Crippen LogP) is 1.98. The van der Waals surface area contributed by atoms with Crippen LogP contribution in [-0.2, 0) is 11.3 Å². The van der Waals surface area contributed by atoms with Gasteiger partial charge >= 0.3 is 0 Å². The van der Waals surface area contributed by atoms with Crippen LogP contribution in [0.25, 0.3) is 0 Å². The van der Waals surface area contributed by atoms with Gasteiger partial charge in [0.1, 0.15) is 11.6 Å². The van der Waals surface area contributed by atoms with Crippen LogP contribution in [0.15, 0.2) is 47.6 Å². The second kappa shape index (κ2) is 7.74. The van der Waals surface area contributed by atoms with Gasteiger partial charge in [-0.3, -0.25) is 0 Å². The first kappa shape index (κ1) is 16.2. The number of aromatic nitrogens is 1. The van der Waals surface area contributed by atoms with Crippen molar-refractivity contribution >= 4 is 17.5 Å². The van der Waals surface area contributed by atoms with Gasteiger partial charge in [-0.05, 0) is 35.9 Å². The van der Waals surface area contributed by atoms with Gasteiger partial charge < -0.3 is 20.7 Å². The van der Waals surface area contributed by atoms with Gasteiger partial charge in [-0.25, -0.2) is 14.4 Å². The Morgan fingerprint density at radius 3 is 2.88 bits per heavy atom. The molecular weight excluding hydrogens is 309 g/mol. The molecule has 3 rings (SSSR count). The van der Waals surface area contributed by atoms with Crippen molar-refractivity contribution in [3.8, 4) is 0 Å². The lowest BCUT2D eigenvalue weighted by Gasteiger charge is -2.30. The zero-order valence-electron chi connectivity index (χ0n) is 13.3. The number of halogens is 1. The molecule has 126 valence electrons. The molecule has 0 radical (unpaired) electrons. The highest BCUT2D eigenvalue weighted by Gasteiger charge is 2.15. The van der Waals surface area contributed by atoms with Crippen molar-refractivity contribution in [1.82, 2.24) is 4.98 Å². The summed E-state index contributed by atoms with van der Waals surface area (Å²) in [7, 11) is 0. The number of nitrogens with one attached hydrogen (secondary N) is 1. The Morgan fingerprint density at radius 2 is 2.12 bits per heavy atom. The average molecular weight is 329 g/mol. The molecule has 0 aliphatic carbocycles. The molecular formula is C17H20FN5O. The molecule has 0 amide bonds. The minimum Gasteiger partial charge on any atom is -0.378 e. The molecule has 1 aromatic carbocycles. The van der Waals surface area contributed by atoms with Crippen LogP contribution in [0.3, 0.4) is 0 Å². The molecule has 1 aliphatic heterocycles. The Kier molecular flexibility index (Phi) is 5.22. The number of guanidine groups is 1. The van der Waals surface area contributed by atoms with E-state index in [1.165, 1.54) is 12.1 Å². The van der Waals surface area contributed by atoms with Crippen LogP contribution < -0.4 is 16.0 Å². The first-order valence-corrected chi connectivity index (χ1v) is 7.81. The molecule has 0 saturated carbocycles. The van der Waals surface area contributed by atoms with Crippen molar-refractivity contribution in [3.63, 3.8) is 0 Å². The molecule has 0 atom stereocenters. The van der Waals surface area contributed by atoms with Crippen molar-refractivity contribution in [2.75, 3.05) is 36.5 Å². The Bertz CT molecular complexity index is 701. The van der Waals surface area contributed by atoms with Crippen LogP contribution in [0.5, 0.6) is 0 Å². The minimum atomic E-state index is -0.284. The van der Waals surface area contributed by atoms with Crippen molar-refractivity contribution in [2.45, 2.75) is 6.54 Å². The lowest BCUT2D eigenvalue weighted by Crippen LogP contribution is -2.36. The second-order valence-corrected chi connectivity index (χ2v) is 5.41. The van der Waals surface area contributed by atoms with Crippen LogP contribution in [0.1, 0.15) is 5.56 Å². The molecule has 7 heteroatoms. The summed E-state index contributed by atoms with van der Waals surface area (Å²) in [6, 6.07) is 10.2. The molecule has 2 aromatic rings. The molecule has 3 N–H and O–H groups in total. The molecule has 1 fully saturated rings. The largest absolute Gasteiger partial charge is 0.378 e. The third-order valence-corrected chi connectivity index (χ3v) is 3.73.